The highest BCUT2D eigenvalue weighted by Crippen LogP contribution is 2.44. The summed E-state index contributed by atoms with van der Waals surface area (Å²) in [7, 11) is 0. The van der Waals surface area contributed by atoms with E-state index in [1.165, 1.54) is 0 Å². The Labute approximate surface area is 80.7 Å². The van der Waals surface area contributed by atoms with Crippen LogP contribution in [0, 0.1) is 11.3 Å². The van der Waals surface area contributed by atoms with Gasteiger partial charge in [0.2, 0.25) is 5.91 Å². The van der Waals surface area contributed by atoms with Crippen LogP contribution in [0.4, 0.5) is 13.2 Å². The Balaban J connectivity index is 2.59. The van der Waals surface area contributed by atoms with Gasteiger partial charge >= 0.3 is 6.18 Å². The fourth-order valence-electron chi connectivity index (χ4n) is 1.83. The van der Waals surface area contributed by atoms with Crippen molar-refractivity contribution in [1.29, 1.82) is 0 Å². The van der Waals surface area contributed by atoms with E-state index in [0.29, 0.717) is 0 Å². The topological polar surface area (TPSA) is 43.1 Å². The molecule has 0 aromatic rings. The molecular weight excluding hydrogens is 195 g/mol. The summed E-state index contributed by atoms with van der Waals surface area (Å²) in [6, 6.07) is 0. The molecular formula is C9H14F3NO. The molecule has 0 atom stereocenters. The Morgan fingerprint density at radius 2 is 1.79 bits per heavy atom. The van der Waals surface area contributed by atoms with E-state index in [0.717, 1.165) is 0 Å². The summed E-state index contributed by atoms with van der Waals surface area (Å²) < 4.78 is 36.8. The second-order valence-corrected chi connectivity index (χ2v) is 4.24. The number of rotatable bonds is 1. The van der Waals surface area contributed by atoms with Crippen LogP contribution in [-0.2, 0) is 4.79 Å². The summed E-state index contributed by atoms with van der Waals surface area (Å²) in [6.07, 6.45) is -3.61. The van der Waals surface area contributed by atoms with Crippen molar-refractivity contribution in [2.45, 2.75) is 38.8 Å². The highest BCUT2D eigenvalue weighted by atomic mass is 19.4. The van der Waals surface area contributed by atoms with Crippen molar-refractivity contribution in [3.8, 4) is 0 Å². The molecule has 0 aromatic carbocycles. The largest absolute Gasteiger partial charge is 0.391 e. The second kappa shape index (κ2) is 3.44. The molecule has 0 aliphatic heterocycles. The molecule has 2 N–H and O–H groups in total. The van der Waals surface area contributed by atoms with E-state index in [-0.39, 0.29) is 25.7 Å². The Morgan fingerprint density at radius 3 is 2.07 bits per heavy atom. The Bertz CT molecular complexity index is 229. The number of alkyl halides is 3. The van der Waals surface area contributed by atoms with E-state index in [4.69, 9.17) is 5.73 Å². The van der Waals surface area contributed by atoms with Crippen LogP contribution >= 0.6 is 0 Å². The normalized spacial score (nSPS) is 34.1. The fourth-order valence-corrected chi connectivity index (χ4v) is 1.83. The van der Waals surface area contributed by atoms with Gasteiger partial charge in [-0.3, -0.25) is 4.79 Å². The van der Waals surface area contributed by atoms with E-state index >= 15 is 0 Å². The van der Waals surface area contributed by atoms with Crippen molar-refractivity contribution < 1.29 is 18.0 Å². The van der Waals surface area contributed by atoms with Gasteiger partial charge in [-0.2, -0.15) is 13.2 Å². The van der Waals surface area contributed by atoms with Crippen LogP contribution in [0.15, 0.2) is 0 Å². The maximum Gasteiger partial charge on any atom is 0.391 e. The molecule has 0 bridgehead atoms. The molecule has 82 valence electrons. The molecule has 1 saturated carbocycles. The number of amides is 1. The monoisotopic (exact) mass is 209 g/mol. The maximum absolute atomic E-state index is 12.3. The summed E-state index contributed by atoms with van der Waals surface area (Å²) in [5.74, 6) is -1.74. The van der Waals surface area contributed by atoms with Crippen molar-refractivity contribution >= 4 is 5.91 Å². The van der Waals surface area contributed by atoms with Crippen molar-refractivity contribution in [3.05, 3.63) is 0 Å². The fraction of sp³-hybridized carbons (Fsp3) is 0.889. The zero-order valence-electron chi connectivity index (χ0n) is 8.03. The van der Waals surface area contributed by atoms with E-state index < -0.39 is 23.4 Å². The van der Waals surface area contributed by atoms with Gasteiger partial charge in [0.25, 0.3) is 0 Å². The lowest BCUT2D eigenvalue weighted by Crippen LogP contribution is -2.40. The van der Waals surface area contributed by atoms with Crippen LogP contribution in [0.2, 0.25) is 0 Å². The Hall–Kier alpha value is -0.740. The number of hydrogen-bond acceptors (Lipinski definition) is 1. The first kappa shape index (κ1) is 11.3. The van der Waals surface area contributed by atoms with Crippen molar-refractivity contribution in [2.75, 3.05) is 0 Å². The maximum atomic E-state index is 12.3. The summed E-state index contributed by atoms with van der Waals surface area (Å²) in [4.78, 5) is 11.0. The van der Waals surface area contributed by atoms with Crippen LogP contribution in [0.25, 0.3) is 0 Å². The predicted molar refractivity (Wildman–Crippen MR) is 45.3 cm³/mol. The van der Waals surface area contributed by atoms with Crippen molar-refractivity contribution in [3.63, 3.8) is 0 Å². The van der Waals surface area contributed by atoms with Crippen LogP contribution in [-0.4, -0.2) is 12.1 Å². The molecule has 0 unspecified atom stereocenters. The highest BCUT2D eigenvalue weighted by molar-refractivity contribution is 5.80. The van der Waals surface area contributed by atoms with Crippen LogP contribution in [0.5, 0.6) is 0 Å². The summed E-state index contributed by atoms with van der Waals surface area (Å²) >= 11 is 0. The third kappa shape index (κ3) is 2.19. The quantitative estimate of drug-likeness (QED) is 0.707. The van der Waals surface area contributed by atoms with Gasteiger partial charge in [0.05, 0.1) is 5.92 Å². The minimum Gasteiger partial charge on any atom is -0.369 e. The lowest BCUT2D eigenvalue weighted by atomic mass is 9.71. The predicted octanol–water partition coefficient (Wildman–Crippen LogP) is 2.23. The minimum atomic E-state index is -4.13. The van der Waals surface area contributed by atoms with Gasteiger partial charge < -0.3 is 5.73 Å². The highest BCUT2D eigenvalue weighted by Gasteiger charge is 2.45. The molecule has 0 aromatic heterocycles. The average Bonchev–Trinajstić information content (AvgIpc) is 2.03. The SMILES string of the molecule is CC1(C(N)=O)CCC(C(F)(F)F)CC1. The van der Waals surface area contributed by atoms with Gasteiger partial charge in [-0.1, -0.05) is 6.92 Å². The number of carbonyl (C=O) groups is 1. The van der Waals surface area contributed by atoms with Gasteiger partial charge in [-0.25, -0.2) is 0 Å². The minimum absolute atomic E-state index is 0.0168. The van der Waals surface area contributed by atoms with E-state index in [1.54, 1.807) is 6.92 Å². The molecule has 1 aliphatic carbocycles. The molecule has 2 nitrogen and oxygen atoms in total. The first-order valence-corrected chi connectivity index (χ1v) is 4.62. The van der Waals surface area contributed by atoms with Gasteiger partial charge in [0.15, 0.2) is 0 Å². The van der Waals surface area contributed by atoms with Crippen molar-refractivity contribution in [2.24, 2.45) is 17.1 Å². The first-order valence-electron chi connectivity index (χ1n) is 4.62. The smallest absolute Gasteiger partial charge is 0.369 e. The molecule has 1 fully saturated rings. The zero-order chi connectivity index (χ0) is 11.0. The van der Waals surface area contributed by atoms with Crippen molar-refractivity contribution in [1.82, 2.24) is 0 Å². The molecule has 14 heavy (non-hydrogen) atoms. The van der Waals surface area contributed by atoms with E-state index in [1.807, 2.05) is 0 Å². The van der Waals surface area contributed by atoms with Crippen LogP contribution in [0.3, 0.4) is 0 Å². The van der Waals surface area contributed by atoms with E-state index in [9.17, 15) is 18.0 Å². The van der Waals surface area contributed by atoms with Gasteiger partial charge in [0, 0.05) is 5.41 Å². The summed E-state index contributed by atoms with van der Waals surface area (Å²) in [5.41, 5.74) is 4.40. The summed E-state index contributed by atoms with van der Waals surface area (Å²) in [5, 5.41) is 0. The molecule has 0 radical (unpaired) electrons. The third-order valence-electron chi connectivity index (χ3n) is 3.15. The number of carbonyl (C=O) groups excluding carboxylic acids is 1. The number of hydrogen-bond donors (Lipinski definition) is 1. The Kier molecular flexibility index (Phi) is 2.78. The molecule has 0 heterocycles. The van der Waals surface area contributed by atoms with Crippen LogP contribution < -0.4 is 5.73 Å². The number of primary amides is 1. The molecule has 5 heteroatoms. The zero-order valence-corrected chi connectivity index (χ0v) is 8.03. The van der Waals surface area contributed by atoms with Gasteiger partial charge in [0.1, 0.15) is 0 Å². The Morgan fingerprint density at radius 1 is 1.36 bits per heavy atom. The molecule has 0 saturated heterocycles. The lowest BCUT2D eigenvalue weighted by Gasteiger charge is -2.35. The number of nitrogens with two attached hydrogens (primary N) is 1. The van der Waals surface area contributed by atoms with E-state index in [2.05, 4.69) is 0 Å². The molecule has 1 amide bonds. The summed E-state index contributed by atoms with van der Waals surface area (Å²) in [6.45, 7) is 1.64. The second-order valence-electron chi connectivity index (χ2n) is 4.24. The lowest BCUT2D eigenvalue weighted by molar-refractivity contribution is -0.187. The standard InChI is InChI=1S/C9H14F3NO/c1-8(7(13)14)4-2-6(3-5-8)9(10,11)12/h6H,2-5H2,1H3,(H2,13,14). The van der Waals surface area contributed by atoms with Gasteiger partial charge in [-0.05, 0) is 25.7 Å². The first-order chi connectivity index (χ1) is 6.26. The van der Waals surface area contributed by atoms with Gasteiger partial charge in [-0.15, -0.1) is 0 Å². The molecule has 1 aliphatic rings. The third-order valence-corrected chi connectivity index (χ3v) is 3.15. The molecule has 0 spiro atoms. The average molecular weight is 209 g/mol. The van der Waals surface area contributed by atoms with Crippen LogP contribution in [0.1, 0.15) is 32.6 Å². The number of halogens is 3. The molecule has 1 rings (SSSR count).